The van der Waals surface area contributed by atoms with Crippen molar-refractivity contribution in [3.05, 3.63) is 42.4 Å². The summed E-state index contributed by atoms with van der Waals surface area (Å²) in [7, 11) is 0. The lowest BCUT2D eigenvalue weighted by molar-refractivity contribution is -0.129. The number of aliphatic hydroxyl groups is 1. The van der Waals surface area contributed by atoms with Crippen LogP contribution in [0.25, 0.3) is 11.3 Å². The van der Waals surface area contributed by atoms with Gasteiger partial charge in [-0.3, -0.25) is 0 Å². The van der Waals surface area contributed by atoms with Gasteiger partial charge in [0, 0.05) is 16.9 Å². The van der Waals surface area contributed by atoms with Crippen LogP contribution < -0.4 is 0 Å². The number of hydrogen-bond donors (Lipinski definition) is 1. The first kappa shape index (κ1) is 13.0. The highest BCUT2D eigenvalue weighted by Gasteiger charge is 2.45. The van der Waals surface area contributed by atoms with Crippen molar-refractivity contribution in [1.82, 2.24) is 9.55 Å². The molecule has 0 unspecified atom stereocenters. The van der Waals surface area contributed by atoms with Gasteiger partial charge in [0.25, 0.3) is 0 Å². The molecule has 1 N–H and O–H groups in total. The second kappa shape index (κ2) is 4.42. The fourth-order valence-corrected chi connectivity index (χ4v) is 3.79. The van der Waals surface area contributed by atoms with Crippen LogP contribution in [-0.2, 0) is 4.74 Å². The van der Waals surface area contributed by atoms with Gasteiger partial charge in [-0.2, -0.15) is 0 Å². The van der Waals surface area contributed by atoms with E-state index in [9.17, 15) is 5.11 Å². The molecule has 1 aromatic heterocycles. The summed E-state index contributed by atoms with van der Waals surface area (Å²) in [6.45, 7) is 5.33. The van der Waals surface area contributed by atoms with Crippen molar-refractivity contribution in [2.75, 3.05) is 13.2 Å². The van der Waals surface area contributed by atoms with Crippen LogP contribution in [0.2, 0.25) is 0 Å². The quantitative estimate of drug-likeness (QED) is 0.875. The highest BCUT2D eigenvalue weighted by molar-refractivity contribution is 5.69. The van der Waals surface area contributed by atoms with Crippen molar-refractivity contribution < 1.29 is 9.84 Å². The number of imidazole rings is 1. The van der Waals surface area contributed by atoms with Gasteiger partial charge in [0.05, 0.1) is 43.6 Å². The minimum atomic E-state index is -0.391. The molecule has 0 saturated carbocycles. The van der Waals surface area contributed by atoms with Gasteiger partial charge in [-0.1, -0.05) is 38.1 Å². The number of benzene rings is 1. The molecule has 0 radical (unpaired) electrons. The lowest BCUT2D eigenvalue weighted by Gasteiger charge is -2.43. The summed E-state index contributed by atoms with van der Waals surface area (Å²) in [5, 5.41) is 10.8. The molecule has 3 atom stereocenters. The molecule has 2 aliphatic heterocycles. The monoisotopic (exact) mass is 284 g/mol. The minimum absolute atomic E-state index is 0.0466. The Kier molecular flexibility index (Phi) is 2.75. The summed E-state index contributed by atoms with van der Waals surface area (Å²) in [6, 6.07) is 8.50. The summed E-state index contributed by atoms with van der Waals surface area (Å²) in [6.07, 6.45) is 3.38. The molecule has 1 aromatic carbocycles. The Hall–Kier alpha value is -1.65. The first-order valence-corrected chi connectivity index (χ1v) is 7.46. The third kappa shape index (κ3) is 1.79. The largest absolute Gasteiger partial charge is 0.392 e. The Labute approximate surface area is 124 Å². The Morgan fingerprint density at radius 3 is 3.00 bits per heavy atom. The average Bonchev–Trinajstić information content (AvgIpc) is 3.03. The molecule has 21 heavy (non-hydrogen) atoms. The molecule has 1 fully saturated rings. The van der Waals surface area contributed by atoms with Crippen LogP contribution in [0.4, 0.5) is 0 Å². The Morgan fingerprint density at radius 2 is 2.14 bits per heavy atom. The first-order valence-electron chi connectivity index (χ1n) is 7.46. The van der Waals surface area contributed by atoms with Gasteiger partial charge in [0.2, 0.25) is 0 Å². The van der Waals surface area contributed by atoms with Crippen molar-refractivity contribution in [1.29, 1.82) is 0 Å². The van der Waals surface area contributed by atoms with E-state index in [-0.39, 0.29) is 17.4 Å². The zero-order valence-corrected chi connectivity index (χ0v) is 12.4. The number of hydrogen-bond acceptors (Lipinski definition) is 3. The van der Waals surface area contributed by atoms with E-state index < -0.39 is 6.10 Å². The molecule has 4 rings (SSSR count). The van der Waals surface area contributed by atoms with E-state index in [0.29, 0.717) is 13.2 Å². The van der Waals surface area contributed by atoms with Crippen LogP contribution in [0.1, 0.15) is 25.5 Å². The van der Waals surface area contributed by atoms with E-state index in [1.807, 2.05) is 12.5 Å². The van der Waals surface area contributed by atoms with Gasteiger partial charge in [0.15, 0.2) is 0 Å². The highest BCUT2D eigenvalue weighted by Crippen LogP contribution is 2.47. The summed E-state index contributed by atoms with van der Waals surface area (Å²) in [5.74, 6) is 0.0466. The van der Waals surface area contributed by atoms with Crippen LogP contribution in [0.15, 0.2) is 36.8 Å². The normalized spacial score (nSPS) is 30.0. The van der Waals surface area contributed by atoms with Crippen LogP contribution in [0.3, 0.4) is 0 Å². The molecule has 0 aliphatic carbocycles. The van der Waals surface area contributed by atoms with Crippen molar-refractivity contribution in [3.63, 3.8) is 0 Å². The molecule has 0 bridgehead atoms. The van der Waals surface area contributed by atoms with Gasteiger partial charge in [-0.05, 0) is 5.56 Å². The summed E-state index contributed by atoms with van der Waals surface area (Å²) < 4.78 is 7.98. The van der Waals surface area contributed by atoms with Crippen LogP contribution in [-0.4, -0.2) is 34.0 Å². The van der Waals surface area contributed by atoms with Crippen LogP contribution in [0, 0.1) is 11.3 Å². The fraction of sp³-hybridized carbons (Fsp3) is 0.471. The van der Waals surface area contributed by atoms with E-state index in [0.717, 1.165) is 5.69 Å². The van der Waals surface area contributed by atoms with Gasteiger partial charge < -0.3 is 14.4 Å². The van der Waals surface area contributed by atoms with Crippen LogP contribution in [0.5, 0.6) is 0 Å². The lowest BCUT2D eigenvalue weighted by Crippen LogP contribution is -2.49. The SMILES string of the molecule is CC1(C)COC[C@@H]([C@H]2c3ccccc3-c3cncn32)[C@H]1O. The van der Waals surface area contributed by atoms with Crippen LogP contribution >= 0.6 is 0 Å². The molecule has 4 heteroatoms. The molecule has 1 saturated heterocycles. The zero-order chi connectivity index (χ0) is 14.6. The molecule has 0 spiro atoms. The van der Waals surface area contributed by atoms with Gasteiger partial charge in [-0.25, -0.2) is 4.98 Å². The van der Waals surface area contributed by atoms with Gasteiger partial charge >= 0.3 is 0 Å². The summed E-state index contributed by atoms with van der Waals surface area (Å²) in [4.78, 5) is 4.29. The number of ether oxygens (including phenoxy) is 1. The zero-order valence-electron chi connectivity index (χ0n) is 12.4. The molecular weight excluding hydrogens is 264 g/mol. The van der Waals surface area contributed by atoms with E-state index in [1.165, 1.54) is 11.1 Å². The highest BCUT2D eigenvalue weighted by atomic mass is 16.5. The minimum Gasteiger partial charge on any atom is -0.392 e. The van der Waals surface area contributed by atoms with Crippen molar-refractivity contribution >= 4 is 0 Å². The maximum Gasteiger partial charge on any atom is 0.0956 e. The predicted octanol–water partition coefficient (Wildman–Crippen LogP) is 2.49. The van der Waals surface area contributed by atoms with Gasteiger partial charge in [0.1, 0.15) is 0 Å². The van der Waals surface area contributed by atoms with Crippen molar-refractivity contribution in [2.24, 2.45) is 11.3 Å². The topological polar surface area (TPSA) is 47.3 Å². The molecule has 2 aliphatic rings. The number of aromatic nitrogens is 2. The number of rotatable bonds is 1. The maximum atomic E-state index is 10.8. The van der Waals surface area contributed by atoms with E-state index in [4.69, 9.17) is 4.74 Å². The number of nitrogens with zero attached hydrogens (tertiary/aromatic N) is 2. The number of fused-ring (bicyclic) bond motifs is 3. The maximum absolute atomic E-state index is 10.8. The van der Waals surface area contributed by atoms with Crippen molar-refractivity contribution in [3.8, 4) is 11.3 Å². The Morgan fingerprint density at radius 1 is 1.33 bits per heavy atom. The standard InChI is InChI=1S/C17H20N2O2/c1-17(2)9-21-8-13(16(17)20)15-12-6-4-3-5-11(12)14-7-18-10-19(14)15/h3-7,10,13,15-16,20H,8-9H2,1-2H3/t13-,15+,16+/m0/s1. The van der Waals surface area contributed by atoms with E-state index in [1.54, 1.807) is 0 Å². The molecule has 4 nitrogen and oxygen atoms in total. The molecule has 2 aromatic rings. The Bertz CT molecular complexity index is 677. The lowest BCUT2D eigenvalue weighted by atomic mass is 9.74. The molecule has 0 amide bonds. The second-order valence-electron chi connectivity index (χ2n) is 6.83. The fourth-order valence-electron chi connectivity index (χ4n) is 3.79. The second-order valence-corrected chi connectivity index (χ2v) is 6.83. The van der Waals surface area contributed by atoms with E-state index >= 15 is 0 Å². The van der Waals surface area contributed by atoms with Gasteiger partial charge in [-0.15, -0.1) is 0 Å². The molecule has 3 heterocycles. The summed E-state index contributed by atoms with van der Waals surface area (Å²) >= 11 is 0. The predicted molar refractivity (Wildman–Crippen MR) is 79.9 cm³/mol. The smallest absolute Gasteiger partial charge is 0.0956 e. The molecule has 110 valence electrons. The third-order valence-corrected chi connectivity index (χ3v) is 4.92. The first-order chi connectivity index (χ1) is 10.1. The van der Waals surface area contributed by atoms with E-state index in [2.05, 4.69) is 47.7 Å². The molecular formula is C17H20N2O2. The Balaban J connectivity index is 1.82. The third-order valence-electron chi connectivity index (χ3n) is 4.92. The summed E-state index contributed by atoms with van der Waals surface area (Å²) in [5.41, 5.74) is 3.39. The van der Waals surface area contributed by atoms with Crippen molar-refractivity contribution in [2.45, 2.75) is 26.0 Å². The number of aliphatic hydroxyl groups excluding tert-OH is 1. The average molecular weight is 284 g/mol.